The van der Waals surface area contributed by atoms with Crippen LogP contribution in [0.15, 0.2) is 158 Å². The Bertz CT molecular complexity index is 2940. The van der Waals surface area contributed by atoms with E-state index in [2.05, 4.69) is 119 Å². The highest BCUT2D eigenvalue weighted by atomic mass is 14.9. The van der Waals surface area contributed by atoms with Gasteiger partial charge in [0, 0.05) is 50.5 Å². The normalized spacial score (nSPS) is 11.6. The zero-order valence-electron chi connectivity index (χ0n) is 26.7. The van der Waals surface area contributed by atoms with Crippen molar-refractivity contribution in [1.82, 2.24) is 29.9 Å². The van der Waals surface area contributed by atoms with E-state index in [0.717, 1.165) is 93.9 Å². The molecule has 10 rings (SSSR count). The predicted octanol–water partition coefficient (Wildman–Crippen LogP) is 10.5. The van der Waals surface area contributed by atoms with E-state index < -0.39 is 0 Å². The summed E-state index contributed by atoms with van der Waals surface area (Å²) in [6.45, 7) is 0. The van der Waals surface area contributed by atoms with Crippen LogP contribution < -0.4 is 0 Å². The van der Waals surface area contributed by atoms with E-state index in [0.29, 0.717) is 5.82 Å². The number of nitrogens with zero attached hydrogens (tertiary/aromatic N) is 6. The third-order valence-corrected chi connectivity index (χ3v) is 9.34. The Labute approximate surface area is 286 Å². The van der Waals surface area contributed by atoms with Crippen LogP contribution in [0.25, 0.3) is 99.7 Å². The molecule has 0 bridgehead atoms. The Kier molecular flexibility index (Phi) is 6.39. The summed E-state index contributed by atoms with van der Waals surface area (Å²) in [5, 5.41) is 5.33. The van der Waals surface area contributed by atoms with Gasteiger partial charge in [-0.2, -0.15) is 0 Å². The molecule has 0 saturated carbocycles. The SMILES string of the molecule is c1ccc2nc(-c3ccc4ccc(-c5ccc6nc(-c7ccc(-c8ccc9ccc%10cccnc%10c9n8)cc7)ccc6c5)cc4n3)ncc2c1. The monoisotopic (exact) mass is 638 g/mol. The quantitative estimate of drug-likeness (QED) is 0.179. The fourth-order valence-electron chi connectivity index (χ4n) is 6.68. The predicted molar refractivity (Wildman–Crippen MR) is 202 cm³/mol. The van der Waals surface area contributed by atoms with Gasteiger partial charge in [0.1, 0.15) is 5.69 Å². The second-order valence-corrected chi connectivity index (χ2v) is 12.4. The molecule has 6 heteroatoms. The Balaban J connectivity index is 0.936. The number of fused-ring (bicyclic) bond motifs is 6. The fraction of sp³-hybridized carbons (Fsp3) is 0. The smallest absolute Gasteiger partial charge is 0.178 e. The van der Waals surface area contributed by atoms with Crippen LogP contribution in [0, 0.1) is 0 Å². The number of hydrogen-bond acceptors (Lipinski definition) is 6. The van der Waals surface area contributed by atoms with Gasteiger partial charge in [0.15, 0.2) is 5.82 Å². The lowest BCUT2D eigenvalue weighted by Gasteiger charge is -2.09. The van der Waals surface area contributed by atoms with Crippen LogP contribution in [-0.4, -0.2) is 29.9 Å². The zero-order chi connectivity index (χ0) is 33.0. The summed E-state index contributed by atoms with van der Waals surface area (Å²) < 4.78 is 0. The highest BCUT2D eigenvalue weighted by molar-refractivity contribution is 6.03. The van der Waals surface area contributed by atoms with Gasteiger partial charge in [-0.25, -0.2) is 24.9 Å². The molecule has 0 aliphatic rings. The maximum atomic E-state index is 5.02. The molecule has 10 aromatic rings. The summed E-state index contributed by atoms with van der Waals surface area (Å²) in [6, 6.07) is 50.0. The summed E-state index contributed by atoms with van der Waals surface area (Å²) in [5.74, 6) is 0.620. The second kappa shape index (κ2) is 11.4. The first kappa shape index (κ1) is 28.1. The Morgan fingerprint density at radius 3 is 1.80 bits per heavy atom. The van der Waals surface area contributed by atoms with Crippen molar-refractivity contribution in [3.63, 3.8) is 0 Å². The topological polar surface area (TPSA) is 77.3 Å². The largest absolute Gasteiger partial charge is 0.254 e. The van der Waals surface area contributed by atoms with Gasteiger partial charge in [-0.3, -0.25) is 4.98 Å². The number of pyridine rings is 4. The van der Waals surface area contributed by atoms with Gasteiger partial charge in [-0.05, 0) is 59.7 Å². The van der Waals surface area contributed by atoms with E-state index in [4.69, 9.17) is 19.9 Å². The maximum Gasteiger partial charge on any atom is 0.178 e. The van der Waals surface area contributed by atoms with E-state index in [1.165, 1.54) is 0 Å². The molecule has 0 fully saturated rings. The maximum absolute atomic E-state index is 5.02. The molecule has 0 aliphatic carbocycles. The molecular formula is C44H26N6. The third-order valence-electron chi connectivity index (χ3n) is 9.34. The van der Waals surface area contributed by atoms with Crippen LogP contribution in [0.5, 0.6) is 0 Å². The van der Waals surface area contributed by atoms with Gasteiger partial charge in [0.2, 0.25) is 0 Å². The molecule has 0 N–H and O–H groups in total. The molecule has 0 spiro atoms. The highest BCUT2D eigenvalue weighted by Crippen LogP contribution is 2.31. The van der Waals surface area contributed by atoms with Crippen LogP contribution in [0.1, 0.15) is 0 Å². The van der Waals surface area contributed by atoms with Crippen molar-refractivity contribution in [1.29, 1.82) is 0 Å². The van der Waals surface area contributed by atoms with Crippen LogP contribution in [-0.2, 0) is 0 Å². The number of hydrogen-bond donors (Lipinski definition) is 0. The lowest BCUT2D eigenvalue weighted by molar-refractivity contribution is 1.19. The van der Waals surface area contributed by atoms with Crippen molar-refractivity contribution in [2.75, 3.05) is 0 Å². The van der Waals surface area contributed by atoms with Crippen molar-refractivity contribution in [3.05, 3.63) is 158 Å². The minimum Gasteiger partial charge on any atom is -0.254 e. The van der Waals surface area contributed by atoms with Gasteiger partial charge in [-0.1, -0.05) is 97.1 Å². The van der Waals surface area contributed by atoms with E-state index in [-0.39, 0.29) is 0 Å². The molecule has 232 valence electrons. The minimum absolute atomic E-state index is 0.620. The molecule has 0 saturated heterocycles. The molecule has 0 unspecified atom stereocenters. The second-order valence-electron chi connectivity index (χ2n) is 12.4. The number of para-hydroxylation sites is 1. The molecule has 5 heterocycles. The van der Waals surface area contributed by atoms with Crippen molar-refractivity contribution >= 4 is 54.5 Å². The van der Waals surface area contributed by atoms with Crippen molar-refractivity contribution in [2.24, 2.45) is 0 Å². The molecule has 0 amide bonds. The summed E-state index contributed by atoms with van der Waals surface area (Å²) in [6.07, 6.45) is 3.68. The molecular weight excluding hydrogens is 613 g/mol. The molecule has 0 atom stereocenters. The minimum atomic E-state index is 0.620. The lowest BCUT2D eigenvalue weighted by atomic mass is 10.0. The van der Waals surface area contributed by atoms with Crippen molar-refractivity contribution in [2.45, 2.75) is 0 Å². The van der Waals surface area contributed by atoms with Crippen molar-refractivity contribution < 1.29 is 0 Å². The number of aromatic nitrogens is 6. The standard InChI is InChI=1S/C44H26N6/c1-2-6-36-35(4-1)26-46-44(50-36)40-22-15-29-11-14-33(25-41(29)48-40)32-17-20-39-34(24-32)18-21-37(47-39)27-7-9-28(10-8-27)38-19-16-31-13-12-30-5-3-23-45-42(30)43(31)49-38/h1-26H. The van der Waals surface area contributed by atoms with Gasteiger partial charge >= 0.3 is 0 Å². The van der Waals surface area contributed by atoms with E-state index in [9.17, 15) is 0 Å². The third kappa shape index (κ3) is 4.90. The lowest BCUT2D eigenvalue weighted by Crippen LogP contribution is -1.93. The van der Waals surface area contributed by atoms with Crippen LogP contribution in [0.4, 0.5) is 0 Å². The molecule has 0 radical (unpaired) electrons. The van der Waals surface area contributed by atoms with Gasteiger partial charge in [-0.15, -0.1) is 0 Å². The summed E-state index contributed by atoms with van der Waals surface area (Å²) in [5.41, 5.74) is 11.5. The number of benzene rings is 5. The van der Waals surface area contributed by atoms with Gasteiger partial charge < -0.3 is 0 Å². The van der Waals surface area contributed by atoms with E-state index in [1.807, 2.05) is 48.8 Å². The van der Waals surface area contributed by atoms with Gasteiger partial charge in [0.25, 0.3) is 0 Å². The van der Waals surface area contributed by atoms with Crippen LogP contribution in [0.2, 0.25) is 0 Å². The Morgan fingerprint density at radius 2 is 0.920 bits per heavy atom. The highest BCUT2D eigenvalue weighted by Gasteiger charge is 2.10. The van der Waals surface area contributed by atoms with Crippen molar-refractivity contribution in [3.8, 4) is 45.2 Å². The molecule has 5 aromatic carbocycles. The molecule has 6 nitrogen and oxygen atoms in total. The average Bonchev–Trinajstić information content (AvgIpc) is 3.19. The summed E-state index contributed by atoms with van der Waals surface area (Å²) >= 11 is 0. The molecule has 50 heavy (non-hydrogen) atoms. The van der Waals surface area contributed by atoms with E-state index in [1.54, 1.807) is 0 Å². The van der Waals surface area contributed by atoms with Crippen LogP contribution in [0.3, 0.4) is 0 Å². The summed E-state index contributed by atoms with van der Waals surface area (Å²) in [4.78, 5) is 28.9. The van der Waals surface area contributed by atoms with Gasteiger partial charge in [0.05, 0.1) is 39.0 Å². The molecule has 5 aromatic heterocycles. The number of rotatable bonds is 4. The average molecular weight is 639 g/mol. The van der Waals surface area contributed by atoms with Crippen LogP contribution >= 0.6 is 0 Å². The Hall–Kier alpha value is -6.92. The first-order chi connectivity index (χ1) is 24.7. The Morgan fingerprint density at radius 1 is 0.320 bits per heavy atom. The van der Waals surface area contributed by atoms with E-state index >= 15 is 0 Å². The zero-order valence-corrected chi connectivity index (χ0v) is 26.7. The first-order valence-electron chi connectivity index (χ1n) is 16.5. The molecule has 0 aliphatic heterocycles. The fourth-order valence-corrected chi connectivity index (χ4v) is 6.68. The first-order valence-corrected chi connectivity index (χ1v) is 16.5. The summed E-state index contributed by atoms with van der Waals surface area (Å²) in [7, 11) is 0.